The lowest BCUT2D eigenvalue weighted by molar-refractivity contribution is -0.120. The van der Waals surface area contributed by atoms with Crippen molar-refractivity contribution in [3.05, 3.63) is 47.9 Å². The van der Waals surface area contributed by atoms with Crippen molar-refractivity contribution >= 4 is 35.6 Å². The molecule has 2 amide bonds. The zero-order valence-electron chi connectivity index (χ0n) is 14.6. The molecule has 2 rings (SSSR count). The molecule has 0 aliphatic carbocycles. The molecule has 136 valence electrons. The summed E-state index contributed by atoms with van der Waals surface area (Å²) >= 11 is 0. The van der Waals surface area contributed by atoms with Gasteiger partial charge in [-0.3, -0.25) is 9.59 Å². The first-order chi connectivity index (χ1) is 11.3. The predicted molar refractivity (Wildman–Crippen MR) is 101 cm³/mol. The van der Waals surface area contributed by atoms with Gasteiger partial charge in [0.05, 0.1) is 11.8 Å². The van der Waals surface area contributed by atoms with E-state index in [9.17, 15) is 9.59 Å². The van der Waals surface area contributed by atoms with Gasteiger partial charge in [-0.05, 0) is 56.2 Å². The van der Waals surface area contributed by atoms with Gasteiger partial charge in [-0.15, -0.1) is 12.4 Å². The highest BCUT2D eigenvalue weighted by molar-refractivity contribution is 6.03. The van der Waals surface area contributed by atoms with Crippen LogP contribution in [-0.2, 0) is 4.79 Å². The maximum Gasteiger partial charge on any atom is 0.291 e. The monoisotopic (exact) mass is 365 g/mol. The summed E-state index contributed by atoms with van der Waals surface area (Å²) in [6, 6.07) is 8.50. The molecule has 0 spiro atoms. The first-order valence-corrected chi connectivity index (χ1v) is 7.89. The van der Waals surface area contributed by atoms with Crippen molar-refractivity contribution in [3.8, 4) is 0 Å². The van der Waals surface area contributed by atoms with Gasteiger partial charge in [-0.25, -0.2) is 0 Å². The molecule has 0 saturated carbocycles. The molecule has 1 unspecified atom stereocenters. The minimum atomic E-state index is -0.908. The summed E-state index contributed by atoms with van der Waals surface area (Å²) in [7, 11) is 0. The molecule has 0 bridgehead atoms. The number of furan rings is 1. The van der Waals surface area contributed by atoms with Crippen molar-refractivity contribution in [3.63, 3.8) is 0 Å². The van der Waals surface area contributed by atoms with E-state index in [0.717, 1.165) is 12.0 Å². The Bertz CT molecular complexity index is 727. The summed E-state index contributed by atoms with van der Waals surface area (Å²) in [5.74, 6) is -0.307. The number of amides is 2. The number of nitrogens with two attached hydrogens (primary N) is 1. The average molecular weight is 366 g/mol. The van der Waals surface area contributed by atoms with Gasteiger partial charge in [0.2, 0.25) is 5.91 Å². The number of hydrogen-bond donors (Lipinski definition) is 3. The van der Waals surface area contributed by atoms with Gasteiger partial charge in [-0.2, -0.15) is 0 Å². The molecule has 0 aliphatic rings. The zero-order chi connectivity index (χ0) is 17.7. The molecule has 4 N–H and O–H groups in total. The van der Waals surface area contributed by atoms with E-state index in [0.29, 0.717) is 17.8 Å². The van der Waals surface area contributed by atoms with E-state index in [1.165, 1.54) is 6.26 Å². The van der Waals surface area contributed by atoms with Gasteiger partial charge in [0.25, 0.3) is 5.91 Å². The summed E-state index contributed by atoms with van der Waals surface area (Å²) in [6.07, 6.45) is 2.88. The van der Waals surface area contributed by atoms with Gasteiger partial charge in [-0.1, -0.05) is 13.3 Å². The third-order valence-electron chi connectivity index (χ3n) is 3.77. The Labute approximate surface area is 153 Å². The number of carbonyl (C=O) groups is 2. The summed E-state index contributed by atoms with van der Waals surface area (Å²) in [6.45, 7) is 5.55. The van der Waals surface area contributed by atoms with Gasteiger partial charge < -0.3 is 20.8 Å². The predicted octanol–water partition coefficient (Wildman–Crippen LogP) is 3.72. The Balaban J connectivity index is 0.00000312. The van der Waals surface area contributed by atoms with E-state index in [1.807, 2.05) is 13.8 Å². The van der Waals surface area contributed by atoms with Crippen LogP contribution < -0.4 is 16.4 Å². The molecule has 25 heavy (non-hydrogen) atoms. The first-order valence-electron chi connectivity index (χ1n) is 7.89. The highest BCUT2D eigenvalue weighted by atomic mass is 35.5. The fourth-order valence-electron chi connectivity index (χ4n) is 2.38. The Kier molecular flexibility index (Phi) is 7.21. The Morgan fingerprint density at radius 2 is 1.96 bits per heavy atom. The fourth-order valence-corrected chi connectivity index (χ4v) is 2.38. The van der Waals surface area contributed by atoms with E-state index in [-0.39, 0.29) is 30.0 Å². The second-order valence-corrected chi connectivity index (χ2v) is 6.08. The molecule has 6 nitrogen and oxygen atoms in total. The number of halogens is 1. The van der Waals surface area contributed by atoms with Crippen molar-refractivity contribution < 1.29 is 14.0 Å². The molecular weight excluding hydrogens is 342 g/mol. The number of aryl methyl sites for hydroxylation is 1. The van der Waals surface area contributed by atoms with E-state index in [2.05, 4.69) is 10.6 Å². The molecule has 2 aromatic rings. The summed E-state index contributed by atoms with van der Waals surface area (Å²) in [5.41, 5.74) is 7.23. The van der Waals surface area contributed by atoms with Crippen LogP contribution in [0.1, 0.15) is 42.8 Å². The SMILES string of the molecule is CCCC(C)(N)C(=O)Nc1ccc(NC(=O)c2ccco2)c(C)c1.Cl. The van der Waals surface area contributed by atoms with Crippen LogP contribution in [0.15, 0.2) is 41.0 Å². The minimum Gasteiger partial charge on any atom is -0.459 e. The van der Waals surface area contributed by atoms with E-state index >= 15 is 0 Å². The molecule has 0 aliphatic heterocycles. The average Bonchev–Trinajstić information content (AvgIpc) is 3.04. The third-order valence-corrected chi connectivity index (χ3v) is 3.77. The van der Waals surface area contributed by atoms with Crippen LogP contribution in [0.4, 0.5) is 11.4 Å². The lowest BCUT2D eigenvalue weighted by atomic mass is 9.96. The maximum absolute atomic E-state index is 12.2. The Morgan fingerprint density at radius 1 is 1.24 bits per heavy atom. The van der Waals surface area contributed by atoms with Crippen molar-refractivity contribution in [2.75, 3.05) is 10.6 Å². The molecule has 0 fully saturated rings. The topological polar surface area (TPSA) is 97.4 Å². The van der Waals surface area contributed by atoms with Crippen LogP contribution in [0.2, 0.25) is 0 Å². The lowest BCUT2D eigenvalue weighted by Gasteiger charge is -2.23. The van der Waals surface area contributed by atoms with Gasteiger partial charge in [0, 0.05) is 11.4 Å². The molecule has 0 radical (unpaired) electrons. The molecule has 7 heteroatoms. The smallest absolute Gasteiger partial charge is 0.291 e. The minimum absolute atomic E-state index is 0. The third kappa shape index (κ3) is 5.34. The van der Waals surface area contributed by atoms with Crippen molar-refractivity contribution in [2.24, 2.45) is 5.73 Å². The highest BCUT2D eigenvalue weighted by Crippen LogP contribution is 2.22. The summed E-state index contributed by atoms with van der Waals surface area (Å²) in [5, 5.41) is 5.59. The van der Waals surface area contributed by atoms with Gasteiger partial charge in [0.15, 0.2) is 5.76 Å². The summed E-state index contributed by atoms with van der Waals surface area (Å²) < 4.78 is 5.06. The highest BCUT2D eigenvalue weighted by Gasteiger charge is 2.27. The van der Waals surface area contributed by atoms with Crippen molar-refractivity contribution in [1.82, 2.24) is 0 Å². The fraction of sp³-hybridized carbons (Fsp3) is 0.333. The quantitative estimate of drug-likeness (QED) is 0.726. The largest absolute Gasteiger partial charge is 0.459 e. The van der Waals surface area contributed by atoms with Gasteiger partial charge in [0.1, 0.15) is 0 Å². The molecule has 1 atom stereocenters. The number of nitrogens with one attached hydrogen (secondary N) is 2. The number of rotatable bonds is 6. The zero-order valence-corrected chi connectivity index (χ0v) is 15.4. The van der Waals surface area contributed by atoms with E-state index < -0.39 is 5.54 Å². The van der Waals surface area contributed by atoms with Gasteiger partial charge >= 0.3 is 0 Å². The van der Waals surface area contributed by atoms with Crippen LogP contribution in [0.3, 0.4) is 0 Å². The second-order valence-electron chi connectivity index (χ2n) is 6.08. The van der Waals surface area contributed by atoms with E-state index in [1.54, 1.807) is 37.3 Å². The normalized spacial score (nSPS) is 12.6. The van der Waals surface area contributed by atoms with E-state index in [4.69, 9.17) is 10.2 Å². The molecule has 1 aromatic heterocycles. The number of carbonyl (C=O) groups excluding carboxylic acids is 2. The number of hydrogen-bond acceptors (Lipinski definition) is 4. The van der Waals surface area contributed by atoms with Crippen LogP contribution >= 0.6 is 12.4 Å². The Hall–Kier alpha value is -2.31. The molecule has 0 saturated heterocycles. The van der Waals surface area contributed by atoms with Crippen LogP contribution in [0, 0.1) is 6.92 Å². The lowest BCUT2D eigenvalue weighted by Crippen LogP contribution is -2.48. The van der Waals surface area contributed by atoms with Crippen LogP contribution in [0.25, 0.3) is 0 Å². The van der Waals surface area contributed by atoms with Crippen LogP contribution in [0.5, 0.6) is 0 Å². The second kappa shape index (κ2) is 8.69. The van der Waals surface area contributed by atoms with Crippen LogP contribution in [-0.4, -0.2) is 17.4 Å². The Morgan fingerprint density at radius 3 is 2.52 bits per heavy atom. The number of anilines is 2. The van der Waals surface area contributed by atoms with Crippen molar-refractivity contribution in [1.29, 1.82) is 0 Å². The molecule has 1 aromatic carbocycles. The maximum atomic E-state index is 12.2. The standard InChI is InChI=1S/C18H23N3O3.ClH/c1-4-9-18(3,19)17(23)20-13-7-8-14(12(2)11-13)21-16(22)15-6-5-10-24-15;/h5-8,10-11H,4,9,19H2,1-3H3,(H,20,23)(H,21,22);1H. The summed E-state index contributed by atoms with van der Waals surface area (Å²) in [4.78, 5) is 24.2. The molecular formula is C18H24ClN3O3. The van der Waals surface area contributed by atoms with Crippen molar-refractivity contribution in [2.45, 2.75) is 39.2 Å². The number of benzene rings is 1. The molecule has 1 heterocycles. The first kappa shape index (κ1) is 20.7.